The predicted molar refractivity (Wildman–Crippen MR) is 113 cm³/mol. The molecule has 2 bridgehead atoms. The van der Waals surface area contributed by atoms with Gasteiger partial charge in [-0.3, -0.25) is 19.6 Å². The van der Waals surface area contributed by atoms with Gasteiger partial charge in [0.1, 0.15) is 17.8 Å². The van der Waals surface area contributed by atoms with Crippen LogP contribution in [0.25, 0.3) is 0 Å². The molecule has 11 heteroatoms. The Balaban J connectivity index is 1.97. The van der Waals surface area contributed by atoms with E-state index in [-0.39, 0.29) is 11.3 Å². The van der Waals surface area contributed by atoms with Gasteiger partial charge in [-0.05, 0) is 39.5 Å². The number of nitrogens with zero attached hydrogens (tertiary/aromatic N) is 1. The SMILES string of the molecule is CC1=CN([C@@H]2O[C@]3(CC(C)(C)C)CCO[C@H]2C3OP(=O)(O)OC(C)(C)C)C(N)NC1=O. The number of amides is 1. The molecule has 0 saturated carbocycles. The van der Waals surface area contributed by atoms with Gasteiger partial charge in [-0.1, -0.05) is 20.8 Å². The minimum absolute atomic E-state index is 0.160. The molecular formula is C20H36N3O7P. The molecule has 0 aromatic rings. The van der Waals surface area contributed by atoms with Crippen molar-refractivity contribution >= 4 is 13.7 Å². The zero-order valence-corrected chi connectivity index (χ0v) is 20.3. The lowest BCUT2D eigenvalue weighted by molar-refractivity contribution is -0.147. The van der Waals surface area contributed by atoms with Crippen molar-refractivity contribution in [2.45, 2.75) is 97.2 Å². The van der Waals surface area contributed by atoms with Gasteiger partial charge in [0.15, 0.2) is 12.5 Å². The summed E-state index contributed by atoms with van der Waals surface area (Å²) in [4.78, 5) is 24.1. The Morgan fingerprint density at radius 1 is 1.35 bits per heavy atom. The first-order valence-corrected chi connectivity index (χ1v) is 12.1. The van der Waals surface area contributed by atoms with Gasteiger partial charge in [-0.25, -0.2) is 4.57 Å². The van der Waals surface area contributed by atoms with E-state index in [1.54, 1.807) is 38.8 Å². The third-order valence-electron chi connectivity index (χ3n) is 5.35. The minimum atomic E-state index is -4.42. The van der Waals surface area contributed by atoms with Gasteiger partial charge in [-0.2, -0.15) is 0 Å². The summed E-state index contributed by atoms with van der Waals surface area (Å²) in [6.07, 6.45) is -0.431. The van der Waals surface area contributed by atoms with E-state index >= 15 is 0 Å². The molecule has 3 aliphatic rings. The van der Waals surface area contributed by atoms with Crippen molar-refractivity contribution in [2.24, 2.45) is 11.1 Å². The van der Waals surface area contributed by atoms with Crippen LogP contribution in [0.2, 0.25) is 0 Å². The summed E-state index contributed by atoms with van der Waals surface area (Å²) in [5, 5.41) is 2.68. The molecule has 2 saturated heterocycles. The highest BCUT2D eigenvalue weighted by Gasteiger charge is 2.63. The monoisotopic (exact) mass is 461 g/mol. The van der Waals surface area contributed by atoms with Crippen LogP contribution in [0, 0.1) is 5.41 Å². The molecule has 0 radical (unpaired) electrons. The molecule has 4 N–H and O–H groups in total. The largest absolute Gasteiger partial charge is 0.473 e. The second-order valence-electron chi connectivity index (χ2n) is 10.8. The number of rotatable bonds is 5. The van der Waals surface area contributed by atoms with Crippen molar-refractivity contribution in [3.63, 3.8) is 0 Å². The Labute approximate surface area is 184 Å². The maximum Gasteiger partial charge on any atom is 0.473 e. The van der Waals surface area contributed by atoms with E-state index < -0.39 is 43.8 Å². The summed E-state index contributed by atoms with van der Waals surface area (Å²) >= 11 is 0. The highest BCUT2D eigenvalue weighted by molar-refractivity contribution is 7.47. The Bertz CT molecular complexity index is 791. The Hall–Kier alpha value is -1.00. The van der Waals surface area contributed by atoms with Gasteiger partial charge in [0.25, 0.3) is 5.91 Å². The molecule has 10 nitrogen and oxygen atoms in total. The highest BCUT2D eigenvalue weighted by Crippen LogP contribution is 2.56. The maximum atomic E-state index is 12.9. The number of hydrogen-bond donors (Lipinski definition) is 3. The summed E-state index contributed by atoms with van der Waals surface area (Å²) in [5.41, 5.74) is 4.72. The van der Waals surface area contributed by atoms with Crippen molar-refractivity contribution in [3.05, 3.63) is 11.8 Å². The number of nitrogens with two attached hydrogens (primary N) is 1. The number of hydrogen-bond acceptors (Lipinski definition) is 8. The average molecular weight is 461 g/mol. The van der Waals surface area contributed by atoms with Crippen molar-refractivity contribution in [1.82, 2.24) is 10.2 Å². The number of carbonyl (C=O) groups is 1. The van der Waals surface area contributed by atoms with Gasteiger partial charge in [0.05, 0.1) is 12.2 Å². The summed E-state index contributed by atoms with van der Waals surface area (Å²) < 4.78 is 36.5. The third-order valence-corrected chi connectivity index (χ3v) is 6.62. The summed E-state index contributed by atoms with van der Waals surface area (Å²) in [6.45, 7) is 13.3. The van der Waals surface area contributed by atoms with Crippen molar-refractivity contribution < 1.29 is 32.8 Å². The molecular weight excluding hydrogens is 425 g/mol. The summed E-state index contributed by atoms with van der Waals surface area (Å²) in [5.74, 6) is -0.263. The standard InChI is InChI=1S/C20H36N3O7P/c1-12-10-23(17(21)22-15(12)24)16-13-14(29-31(25,26)30-19(5,6)7)20(28-16,8-9-27-13)11-18(2,3)4/h10,13-14,16-17H,8-9,11,21H2,1-7H3,(H,22,24)(H,25,26)/t13-,14?,16+,17?,20-/m0/s1. The summed E-state index contributed by atoms with van der Waals surface area (Å²) in [6, 6.07) is 0. The zero-order chi connectivity index (χ0) is 23.4. The van der Waals surface area contributed by atoms with Crippen LogP contribution in [0.1, 0.15) is 61.3 Å². The van der Waals surface area contributed by atoms with E-state index in [9.17, 15) is 14.3 Å². The van der Waals surface area contributed by atoms with Crippen molar-refractivity contribution in [1.29, 1.82) is 0 Å². The number of phosphoric ester groups is 1. The fourth-order valence-electron chi connectivity index (χ4n) is 4.51. The van der Waals surface area contributed by atoms with Crippen LogP contribution in [-0.2, 0) is 27.9 Å². The van der Waals surface area contributed by atoms with E-state index in [0.29, 0.717) is 25.0 Å². The van der Waals surface area contributed by atoms with E-state index in [0.717, 1.165) is 0 Å². The topological polar surface area (TPSA) is 133 Å². The highest BCUT2D eigenvalue weighted by atomic mass is 31.2. The van der Waals surface area contributed by atoms with Crippen LogP contribution in [0.4, 0.5) is 0 Å². The number of carbonyl (C=O) groups excluding carboxylic acids is 1. The Morgan fingerprint density at radius 2 is 2.00 bits per heavy atom. The maximum absolute atomic E-state index is 12.9. The Morgan fingerprint density at radius 3 is 2.58 bits per heavy atom. The molecule has 0 aliphatic carbocycles. The number of nitrogens with one attached hydrogen (secondary N) is 1. The predicted octanol–water partition coefficient (Wildman–Crippen LogP) is 2.19. The molecule has 1 amide bonds. The fourth-order valence-corrected chi connectivity index (χ4v) is 5.84. The quantitative estimate of drug-likeness (QED) is 0.527. The van der Waals surface area contributed by atoms with Crippen LogP contribution < -0.4 is 11.1 Å². The van der Waals surface area contributed by atoms with Gasteiger partial charge in [0.2, 0.25) is 0 Å². The van der Waals surface area contributed by atoms with E-state index in [1.807, 2.05) is 0 Å². The molecule has 3 rings (SSSR count). The van der Waals surface area contributed by atoms with Crippen LogP contribution in [0.5, 0.6) is 0 Å². The van der Waals surface area contributed by atoms with Gasteiger partial charge < -0.3 is 24.6 Å². The molecule has 3 unspecified atom stereocenters. The van der Waals surface area contributed by atoms with Crippen molar-refractivity contribution in [2.75, 3.05) is 6.61 Å². The lowest BCUT2D eigenvalue weighted by Crippen LogP contribution is -2.61. The molecule has 0 spiro atoms. The fraction of sp³-hybridized carbons (Fsp3) is 0.850. The molecule has 6 atom stereocenters. The van der Waals surface area contributed by atoms with E-state index in [2.05, 4.69) is 26.1 Å². The second kappa shape index (κ2) is 8.09. The number of ether oxygens (including phenoxy) is 2. The van der Waals surface area contributed by atoms with Gasteiger partial charge in [0, 0.05) is 18.2 Å². The van der Waals surface area contributed by atoms with Crippen LogP contribution >= 0.6 is 7.82 Å². The van der Waals surface area contributed by atoms with Crippen LogP contribution in [0.15, 0.2) is 11.8 Å². The van der Waals surface area contributed by atoms with Crippen LogP contribution in [-0.4, -0.2) is 58.2 Å². The zero-order valence-electron chi connectivity index (χ0n) is 19.4. The first kappa shape index (κ1) is 24.6. The molecule has 31 heavy (non-hydrogen) atoms. The second-order valence-corrected chi connectivity index (χ2v) is 12.1. The van der Waals surface area contributed by atoms with E-state index in [4.69, 9.17) is 24.3 Å². The lowest BCUT2D eigenvalue weighted by atomic mass is 9.76. The first-order chi connectivity index (χ1) is 14.0. The molecule has 3 heterocycles. The molecule has 0 aromatic heterocycles. The molecule has 2 fully saturated rings. The average Bonchev–Trinajstić information content (AvgIpc) is 2.70. The molecule has 178 valence electrons. The van der Waals surface area contributed by atoms with Crippen LogP contribution in [0.3, 0.4) is 0 Å². The smallest absolute Gasteiger partial charge is 0.371 e. The van der Waals surface area contributed by atoms with Crippen molar-refractivity contribution in [3.8, 4) is 0 Å². The number of fused-ring (bicyclic) bond motifs is 2. The molecule has 0 aromatic carbocycles. The molecule has 3 aliphatic heterocycles. The normalized spacial score (nSPS) is 36.1. The van der Waals surface area contributed by atoms with Gasteiger partial charge >= 0.3 is 7.82 Å². The van der Waals surface area contributed by atoms with Gasteiger partial charge in [-0.15, -0.1) is 0 Å². The van der Waals surface area contributed by atoms with E-state index in [1.165, 1.54) is 0 Å². The summed E-state index contributed by atoms with van der Waals surface area (Å²) in [7, 11) is -4.42. The minimum Gasteiger partial charge on any atom is -0.371 e. The third kappa shape index (κ3) is 5.50. The lowest BCUT2D eigenvalue weighted by Gasteiger charge is -2.42. The Kier molecular flexibility index (Phi) is 6.43. The first-order valence-electron chi connectivity index (χ1n) is 10.6. The number of phosphoric acid groups is 1.